The molecule has 0 spiro atoms. The molecule has 0 aromatic rings. The maximum absolute atomic E-state index is 15.8. The molecule has 2 saturated heterocycles. The Bertz CT molecular complexity index is 2910. The van der Waals surface area contributed by atoms with Crippen molar-refractivity contribution >= 4 is 76.8 Å². The molecular weight excluding hydrogens is 1330 g/mol. The van der Waals surface area contributed by atoms with Gasteiger partial charge in [-0.3, -0.25) is 67.5 Å². The third-order valence-corrected chi connectivity index (χ3v) is 22.1. The number of hydrogen-bond donors (Lipinski definition) is 6. The average molecular weight is 1470 g/mol. The van der Waals surface area contributed by atoms with E-state index in [-0.39, 0.29) is 80.5 Å². The van der Waals surface area contributed by atoms with Gasteiger partial charge in [-0.05, 0) is 138 Å². The van der Waals surface area contributed by atoms with Gasteiger partial charge in [0.1, 0.15) is 60.4 Å². The van der Waals surface area contributed by atoms with Gasteiger partial charge in [0.05, 0.1) is 19.1 Å². The Morgan fingerprint density at radius 3 is 1.42 bits per heavy atom. The molecule has 0 radical (unpaired) electrons. The SMILES string of the molecule is CC[C@H](C)[C@H]1C(=O)N[C@@H]([C@@H](C)O)C(=O)N(C)CC(=O)N(C)[C@@H](CC)C(=O)N[C@H](C(=O)N2CCCCC2)CC(=O)N(C)[C@@H](CC(C)C)C(=O)N[C@@H](CC2CCC(C(=O)N(C)O)CC2)C(=O)N(C)[C@@H](CC(C)C)C(=O)N(C)[C@@H](CC2CCCCC2)C(=O)N[C@@H](CC(C)C)C(=O)N(C)[C@@H](CC(C)C)C(=O)N1C. The van der Waals surface area contributed by atoms with E-state index in [2.05, 4.69) is 21.3 Å². The van der Waals surface area contributed by atoms with Crippen LogP contribution in [0.4, 0.5) is 0 Å². The predicted molar refractivity (Wildman–Crippen MR) is 395 cm³/mol. The highest BCUT2D eigenvalue weighted by molar-refractivity contribution is 6.00. The molecule has 28 heteroatoms. The number of carbonyl (C=O) groups is 13. The van der Waals surface area contributed by atoms with Gasteiger partial charge in [0.15, 0.2) is 0 Å². The van der Waals surface area contributed by atoms with Crippen LogP contribution in [0, 0.1) is 47.3 Å². The maximum atomic E-state index is 15.8. The molecule has 0 aromatic heterocycles. The summed E-state index contributed by atoms with van der Waals surface area (Å²) in [6.45, 7) is 21.6. The number of aliphatic hydroxyl groups excluding tert-OH is 1. The second-order valence-corrected chi connectivity index (χ2v) is 32.4. The van der Waals surface area contributed by atoms with Crippen LogP contribution in [0.1, 0.15) is 218 Å². The Morgan fingerprint density at radius 1 is 0.471 bits per heavy atom. The molecule has 28 nitrogen and oxygen atoms in total. The fourth-order valence-corrected chi connectivity index (χ4v) is 15.5. The van der Waals surface area contributed by atoms with Crippen LogP contribution in [-0.4, -0.2) is 274 Å². The van der Waals surface area contributed by atoms with Crippen molar-refractivity contribution in [2.75, 3.05) is 76.0 Å². The molecule has 4 aliphatic rings. The summed E-state index contributed by atoms with van der Waals surface area (Å²) in [4.78, 5) is 204. The number of likely N-dealkylation sites (tertiary alicyclic amines) is 1. The molecule has 4 fully saturated rings. The number of rotatable bonds is 18. The Balaban J connectivity index is 2.00. The van der Waals surface area contributed by atoms with Crippen LogP contribution in [0.3, 0.4) is 0 Å². The standard InChI is InChI=1S/C76H133N13O15/c1-21-49(11)65-69(96)80-64(50(12)90)76(103)81(13)44-63(92)82(14)57(22-2)66(93)79-56(73(100)89-35-27-24-28-36-89)43-62(91)83(15)58(38-46(5)6)67(94)78-55(41-52-31-33-53(34-32-52)70(97)88(20)104)72(99)85(17)60(39-47(7)8)74(101)84(16)59(42-51-29-25-23-26-30-51)68(95)77-54(37-45(3)4)71(98)86(18)61(40-48(9)10)75(102)87(65)19/h45-61,64-65,90,104H,21-44H2,1-20H3,(H,77,95)(H,78,94)(H,79,93)(H,80,96)/t49-,50+,52?,53?,54-,55-,56-,57-,58-,59-,60-,61-,64-,65-/m0/s1. The van der Waals surface area contributed by atoms with Gasteiger partial charge >= 0.3 is 0 Å². The molecule has 13 amide bonds. The van der Waals surface area contributed by atoms with Crippen LogP contribution >= 0.6 is 0 Å². The number of carbonyl (C=O) groups excluding carboxylic acids is 13. The number of nitrogens with zero attached hydrogens (tertiary/aromatic N) is 9. The summed E-state index contributed by atoms with van der Waals surface area (Å²) in [7, 11) is 11.3. The first kappa shape index (κ1) is 89.4. The summed E-state index contributed by atoms with van der Waals surface area (Å²) in [5, 5.41) is 33.4. The van der Waals surface area contributed by atoms with Crippen molar-refractivity contribution in [3.05, 3.63) is 0 Å². The molecular formula is C76H133N13O15. The fourth-order valence-electron chi connectivity index (χ4n) is 15.5. The normalized spacial score (nSPS) is 28.3. The average Bonchev–Trinajstić information content (AvgIpc) is 0.815. The molecule has 0 aromatic carbocycles. The first-order valence-corrected chi connectivity index (χ1v) is 38.7. The lowest BCUT2D eigenvalue weighted by atomic mass is 9.78. The quantitative estimate of drug-likeness (QED) is 0.0793. The van der Waals surface area contributed by atoms with Crippen LogP contribution in [0.2, 0.25) is 0 Å². The van der Waals surface area contributed by atoms with Crippen LogP contribution < -0.4 is 21.3 Å². The summed E-state index contributed by atoms with van der Waals surface area (Å²) in [6, 6.07) is -13.1. The monoisotopic (exact) mass is 1470 g/mol. The van der Waals surface area contributed by atoms with Gasteiger partial charge in [0.25, 0.3) is 0 Å². The van der Waals surface area contributed by atoms with E-state index < -0.39 is 168 Å². The first-order valence-electron chi connectivity index (χ1n) is 38.7. The van der Waals surface area contributed by atoms with E-state index in [0.717, 1.165) is 48.3 Å². The lowest BCUT2D eigenvalue weighted by Crippen LogP contribution is -2.62. The minimum atomic E-state index is -1.65. The topological polar surface area (TPSA) is 340 Å². The predicted octanol–water partition coefficient (Wildman–Crippen LogP) is 4.80. The van der Waals surface area contributed by atoms with Gasteiger partial charge in [0.2, 0.25) is 76.8 Å². The zero-order valence-corrected chi connectivity index (χ0v) is 66.7. The second kappa shape index (κ2) is 41.8. The number of amides is 13. The first-order chi connectivity index (χ1) is 48.7. The van der Waals surface area contributed by atoms with Gasteiger partial charge in [-0.2, -0.15) is 0 Å². The van der Waals surface area contributed by atoms with Crippen molar-refractivity contribution in [3.63, 3.8) is 0 Å². The lowest BCUT2D eigenvalue weighted by molar-refractivity contribution is -0.165. The molecule has 2 heterocycles. The van der Waals surface area contributed by atoms with Crippen LogP contribution in [0.25, 0.3) is 0 Å². The smallest absolute Gasteiger partial charge is 0.248 e. The second-order valence-electron chi connectivity index (χ2n) is 32.4. The minimum absolute atomic E-state index is 0.00513. The van der Waals surface area contributed by atoms with Crippen molar-refractivity contribution in [2.24, 2.45) is 47.3 Å². The fraction of sp³-hybridized carbons (Fsp3) is 0.829. The Labute approximate surface area is 620 Å². The van der Waals surface area contributed by atoms with Gasteiger partial charge in [-0.15, -0.1) is 0 Å². The molecule has 12 atom stereocenters. The van der Waals surface area contributed by atoms with E-state index >= 15 is 33.6 Å². The summed E-state index contributed by atoms with van der Waals surface area (Å²) in [5.41, 5.74) is 0. The van der Waals surface area contributed by atoms with Crippen molar-refractivity contribution in [2.45, 2.75) is 284 Å². The highest BCUT2D eigenvalue weighted by atomic mass is 16.5. The van der Waals surface area contributed by atoms with Gasteiger partial charge in [-0.1, -0.05) is 115 Å². The van der Waals surface area contributed by atoms with Gasteiger partial charge in [0, 0.05) is 75.4 Å². The Kier molecular flexibility index (Phi) is 35.9. The summed E-state index contributed by atoms with van der Waals surface area (Å²) in [6.07, 6.45) is 7.13. The van der Waals surface area contributed by atoms with Crippen LogP contribution in [-0.2, 0) is 62.3 Å². The van der Waals surface area contributed by atoms with Gasteiger partial charge in [-0.25, -0.2) is 5.06 Å². The third kappa shape index (κ3) is 25.1. The van der Waals surface area contributed by atoms with Crippen LogP contribution in [0.15, 0.2) is 0 Å². The molecule has 592 valence electrons. The number of hydrogen-bond acceptors (Lipinski definition) is 15. The largest absolute Gasteiger partial charge is 0.391 e. The molecule has 0 unspecified atom stereocenters. The van der Waals surface area contributed by atoms with E-state index in [1.54, 1.807) is 18.7 Å². The molecule has 2 aliphatic heterocycles. The maximum Gasteiger partial charge on any atom is 0.248 e. The number of likely N-dealkylation sites (N-methyl/N-ethyl adjacent to an activating group) is 7. The van der Waals surface area contributed by atoms with E-state index in [9.17, 15) is 39.1 Å². The van der Waals surface area contributed by atoms with Crippen molar-refractivity contribution in [1.29, 1.82) is 0 Å². The number of nitrogens with one attached hydrogen (secondary N) is 4. The molecule has 0 bridgehead atoms. The Morgan fingerprint density at radius 2 is 0.923 bits per heavy atom. The Hall–Kier alpha value is -6.97. The van der Waals surface area contributed by atoms with Crippen LogP contribution in [0.5, 0.6) is 0 Å². The van der Waals surface area contributed by atoms with Gasteiger partial charge < -0.3 is 65.6 Å². The van der Waals surface area contributed by atoms with Crippen molar-refractivity contribution in [3.8, 4) is 0 Å². The zero-order chi connectivity index (χ0) is 78.5. The highest BCUT2D eigenvalue weighted by Gasteiger charge is 2.46. The van der Waals surface area contributed by atoms with E-state index in [4.69, 9.17) is 0 Å². The minimum Gasteiger partial charge on any atom is -0.391 e. The van der Waals surface area contributed by atoms with E-state index in [1.807, 2.05) is 62.3 Å². The number of aliphatic hydroxyl groups is 1. The molecule has 2 aliphatic carbocycles. The van der Waals surface area contributed by atoms with Crippen molar-refractivity contribution < 1.29 is 72.6 Å². The third-order valence-electron chi connectivity index (χ3n) is 22.1. The summed E-state index contributed by atoms with van der Waals surface area (Å²) in [5.74, 6) is -10.8. The lowest BCUT2D eigenvalue weighted by Gasteiger charge is -2.40. The molecule has 2 saturated carbocycles. The van der Waals surface area contributed by atoms with E-state index in [1.165, 1.54) is 87.8 Å². The number of hydroxylamine groups is 2. The molecule has 4 rings (SSSR count). The molecule has 104 heavy (non-hydrogen) atoms. The highest BCUT2D eigenvalue weighted by Crippen LogP contribution is 2.35. The summed E-state index contributed by atoms with van der Waals surface area (Å²) >= 11 is 0. The number of piperidine rings is 1. The summed E-state index contributed by atoms with van der Waals surface area (Å²) < 4.78 is 0. The zero-order valence-electron chi connectivity index (χ0n) is 66.7. The van der Waals surface area contributed by atoms with Crippen molar-refractivity contribution in [1.82, 2.24) is 65.5 Å². The van der Waals surface area contributed by atoms with E-state index in [0.29, 0.717) is 63.1 Å². The molecule has 6 N–H and O–H groups in total.